The molecule has 2 N–H and O–H groups in total. The van der Waals surface area contributed by atoms with E-state index in [4.69, 9.17) is 4.84 Å². The van der Waals surface area contributed by atoms with Crippen LogP contribution in [0, 0.1) is 0 Å². The van der Waals surface area contributed by atoms with Crippen LogP contribution in [-0.4, -0.2) is 23.1 Å². The van der Waals surface area contributed by atoms with Crippen LogP contribution in [0.3, 0.4) is 0 Å². The highest BCUT2D eigenvalue weighted by Crippen LogP contribution is 2.33. The fraction of sp³-hybridized carbons (Fsp3) is 0.500. The van der Waals surface area contributed by atoms with Crippen LogP contribution in [-0.2, 0) is 4.84 Å². The first-order valence-corrected chi connectivity index (χ1v) is 7.93. The molecule has 0 amide bonds. The van der Waals surface area contributed by atoms with Crippen LogP contribution in [0.15, 0.2) is 34.8 Å². The van der Waals surface area contributed by atoms with Crippen LogP contribution in [0.25, 0.3) is 0 Å². The van der Waals surface area contributed by atoms with E-state index < -0.39 is 0 Å². The standard InChI is InChI=1S/C12H17N3OS2/c1-5-11(16-13-7-1)10-4-2-9-18-15(10)12-6-3-8-17-14-12/h2-3,5,8-10,12-14H,1,4,6-7H2. The SMILES string of the molecule is C1=CSNC(N2SC=CCC2C2=CCCNO2)C1. The Morgan fingerprint density at radius 3 is 3.00 bits per heavy atom. The van der Waals surface area contributed by atoms with Gasteiger partial charge in [0.15, 0.2) is 0 Å². The Hall–Kier alpha value is -0.400. The Labute approximate surface area is 116 Å². The molecule has 0 fully saturated rings. The predicted octanol–water partition coefficient (Wildman–Crippen LogP) is 2.51. The summed E-state index contributed by atoms with van der Waals surface area (Å²) in [4.78, 5) is 5.61. The molecule has 0 aromatic rings. The van der Waals surface area contributed by atoms with Crippen molar-refractivity contribution in [3.63, 3.8) is 0 Å². The Morgan fingerprint density at radius 1 is 1.28 bits per heavy atom. The molecule has 98 valence electrons. The lowest BCUT2D eigenvalue weighted by atomic mass is 10.1. The van der Waals surface area contributed by atoms with Gasteiger partial charge in [0.2, 0.25) is 0 Å². The molecule has 18 heavy (non-hydrogen) atoms. The quantitative estimate of drug-likeness (QED) is 0.759. The van der Waals surface area contributed by atoms with E-state index in [-0.39, 0.29) is 0 Å². The molecule has 0 aromatic heterocycles. The minimum atomic E-state index is 0.317. The van der Waals surface area contributed by atoms with Gasteiger partial charge in [-0.1, -0.05) is 24.1 Å². The molecule has 0 saturated carbocycles. The van der Waals surface area contributed by atoms with Crippen molar-refractivity contribution in [3.8, 4) is 0 Å². The second-order valence-corrected chi connectivity index (χ2v) is 5.99. The first kappa shape index (κ1) is 12.6. The highest BCUT2D eigenvalue weighted by Gasteiger charge is 2.32. The zero-order chi connectivity index (χ0) is 12.2. The van der Waals surface area contributed by atoms with Crippen molar-refractivity contribution < 1.29 is 4.84 Å². The molecule has 3 heterocycles. The number of hydrogen-bond donors (Lipinski definition) is 2. The molecule has 2 atom stereocenters. The molecule has 6 heteroatoms. The number of nitrogens with zero attached hydrogens (tertiary/aromatic N) is 1. The number of hydrogen-bond acceptors (Lipinski definition) is 6. The molecular weight excluding hydrogens is 266 g/mol. The van der Waals surface area contributed by atoms with Gasteiger partial charge >= 0.3 is 0 Å². The molecule has 2 unspecified atom stereocenters. The van der Waals surface area contributed by atoms with Crippen molar-refractivity contribution in [2.24, 2.45) is 0 Å². The van der Waals surface area contributed by atoms with Crippen LogP contribution in [0.4, 0.5) is 0 Å². The number of hydroxylamine groups is 1. The molecule has 0 saturated heterocycles. The average molecular weight is 283 g/mol. The van der Waals surface area contributed by atoms with E-state index in [0.29, 0.717) is 12.2 Å². The van der Waals surface area contributed by atoms with Gasteiger partial charge in [-0.05, 0) is 48.1 Å². The molecular formula is C12H17N3OS2. The summed E-state index contributed by atoms with van der Waals surface area (Å²) in [5.41, 5.74) is 2.99. The van der Waals surface area contributed by atoms with Crippen molar-refractivity contribution in [2.75, 3.05) is 6.54 Å². The molecule has 0 aliphatic carbocycles. The third-order valence-electron chi connectivity index (χ3n) is 3.09. The van der Waals surface area contributed by atoms with Gasteiger partial charge in [-0.25, -0.2) is 9.03 Å². The summed E-state index contributed by atoms with van der Waals surface area (Å²) in [6.45, 7) is 0.902. The van der Waals surface area contributed by atoms with E-state index in [2.05, 4.69) is 43.6 Å². The molecule has 3 rings (SSSR count). The third kappa shape index (κ3) is 2.78. The molecule has 3 aliphatic rings. The van der Waals surface area contributed by atoms with Crippen LogP contribution in [0.2, 0.25) is 0 Å². The minimum absolute atomic E-state index is 0.317. The van der Waals surface area contributed by atoms with E-state index in [1.165, 1.54) is 0 Å². The van der Waals surface area contributed by atoms with E-state index in [0.717, 1.165) is 31.6 Å². The van der Waals surface area contributed by atoms with Crippen LogP contribution in [0.1, 0.15) is 19.3 Å². The largest absolute Gasteiger partial charge is 0.412 e. The summed E-state index contributed by atoms with van der Waals surface area (Å²) in [5, 5.41) is 4.27. The fourth-order valence-electron chi connectivity index (χ4n) is 2.22. The van der Waals surface area contributed by atoms with Crippen molar-refractivity contribution in [1.82, 2.24) is 14.5 Å². The second kappa shape index (κ2) is 6.16. The fourth-order valence-corrected chi connectivity index (χ4v) is 3.89. The predicted molar refractivity (Wildman–Crippen MR) is 77.0 cm³/mol. The van der Waals surface area contributed by atoms with Gasteiger partial charge in [-0.15, -0.1) is 0 Å². The smallest absolute Gasteiger partial charge is 0.138 e. The summed E-state index contributed by atoms with van der Waals surface area (Å²) < 4.78 is 5.85. The van der Waals surface area contributed by atoms with E-state index >= 15 is 0 Å². The molecule has 0 aromatic carbocycles. The first-order chi connectivity index (χ1) is 8.95. The maximum absolute atomic E-state index is 5.61. The topological polar surface area (TPSA) is 36.5 Å². The maximum atomic E-state index is 5.61. The zero-order valence-corrected chi connectivity index (χ0v) is 11.7. The normalized spacial score (nSPS) is 33.0. The van der Waals surface area contributed by atoms with Crippen molar-refractivity contribution >= 4 is 23.9 Å². The number of nitrogens with one attached hydrogen (secondary N) is 2. The molecule has 0 bridgehead atoms. The molecule has 0 spiro atoms. The summed E-state index contributed by atoms with van der Waals surface area (Å²) in [7, 11) is 0. The van der Waals surface area contributed by atoms with Crippen molar-refractivity contribution in [1.29, 1.82) is 0 Å². The lowest BCUT2D eigenvalue weighted by Gasteiger charge is -2.39. The second-order valence-electron chi connectivity index (χ2n) is 4.34. The highest BCUT2D eigenvalue weighted by molar-refractivity contribution is 8.00. The maximum Gasteiger partial charge on any atom is 0.138 e. The Balaban J connectivity index is 1.75. The minimum Gasteiger partial charge on any atom is -0.412 e. The lowest BCUT2D eigenvalue weighted by Crippen LogP contribution is -2.47. The van der Waals surface area contributed by atoms with E-state index in [9.17, 15) is 0 Å². The molecule has 4 nitrogen and oxygen atoms in total. The molecule has 3 aliphatic heterocycles. The summed E-state index contributed by atoms with van der Waals surface area (Å²) >= 11 is 3.43. The average Bonchev–Trinajstić information content (AvgIpc) is 2.49. The van der Waals surface area contributed by atoms with Crippen LogP contribution >= 0.6 is 23.9 Å². The van der Waals surface area contributed by atoms with Gasteiger partial charge in [0, 0.05) is 6.54 Å². The third-order valence-corrected chi connectivity index (χ3v) is 4.89. The van der Waals surface area contributed by atoms with E-state index in [1.54, 1.807) is 23.9 Å². The summed E-state index contributed by atoms with van der Waals surface area (Å²) in [5.74, 6) is 1.06. The van der Waals surface area contributed by atoms with Crippen molar-refractivity contribution in [2.45, 2.75) is 31.5 Å². The van der Waals surface area contributed by atoms with Gasteiger partial charge in [-0.3, -0.25) is 0 Å². The van der Waals surface area contributed by atoms with Crippen LogP contribution in [0.5, 0.6) is 0 Å². The van der Waals surface area contributed by atoms with E-state index in [1.807, 2.05) is 0 Å². The molecule has 0 radical (unpaired) electrons. The van der Waals surface area contributed by atoms with Gasteiger partial charge in [-0.2, -0.15) is 5.48 Å². The highest BCUT2D eigenvalue weighted by atomic mass is 32.2. The zero-order valence-electron chi connectivity index (χ0n) is 10.0. The Kier molecular flexibility index (Phi) is 4.32. The first-order valence-electron chi connectivity index (χ1n) is 6.21. The van der Waals surface area contributed by atoms with Crippen LogP contribution < -0.4 is 10.2 Å². The summed E-state index contributed by atoms with van der Waals surface area (Å²) in [6, 6.07) is 0.317. The van der Waals surface area contributed by atoms with Gasteiger partial charge in [0.25, 0.3) is 0 Å². The monoisotopic (exact) mass is 283 g/mol. The Morgan fingerprint density at radius 2 is 2.22 bits per heavy atom. The Bertz CT molecular complexity index is 384. The van der Waals surface area contributed by atoms with Gasteiger partial charge in [0.1, 0.15) is 5.76 Å². The van der Waals surface area contributed by atoms with Gasteiger partial charge < -0.3 is 4.84 Å². The number of rotatable bonds is 2. The van der Waals surface area contributed by atoms with Crippen molar-refractivity contribution in [3.05, 3.63) is 34.8 Å². The summed E-state index contributed by atoms with van der Waals surface area (Å²) in [6.07, 6.45) is 10.1. The lowest BCUT2D eigenvalue weighted by molar-refractivity contribution is 0.0607. The van der Waals surface area contributed by atoms with Gasteiger partial charge in [0.05, 0.1) is 12.2 Å².